The number of benzene rings is 1. The van der Waals surface area contributed by atoms with Gasteiger partial charge in [-0.2, -0.15) is 0 Å². The summed E-state index contributed by atoms with van der Waals surface area (Å²) in [6, 6.07) is 6.46. The fourth-order valence-corrected chi connectivity index (χ4v) is 2.56. The van der Waals surface area contributed by atoms with E-state index >= 15 is 0 Å². The Bertz CT molecular complexity index is 339. The second-order valence-electron chi connectivity index (χ2n) is 4.65. The van der Waals surface area contributed by atoms with Gasteiger partial charge < -0.3 is 5.32 Å². The largest absolute Gasteiger partial charge is 0.310 e. The van der Waals surface area contributed by atoms with Crippen LogP contribution in [0.2, 0.25) is 5.02 Å². The second kappa shape index (κ2) is 6.63. The lowest BCUT2D eigenvalue weighted by Gasteiger charge is -2.16. The van der Waals surface area contributed by atoms with Gasteiger partial charge in [0.05, 0.1) is 0 Å². The minimum Gasteiger partial charge on any atom is -0.310 e. The lowest BCUT2D eigenvalue weighted by molar-refractivity contribution is 0.441. The van der Waals surface area contributed by atoms with Crippen molar-refractivity contribution in [1.29, 1.82) is 0 Å². The van der Waals surface area contributed by atoms with Gasteiger partial charge in [0.1, 0.15) is 0 Å². The van der Waals surface area contributed by atoms with Crippen LogP contribution in [-0.4, -0.2) is 6.04 Å². The molecule has 1 atom stereocenters. The highest BCUT2D eigenvalue weighted by Crippen LogP contribution is 2.21. The summed E-state index contributed by atoms with van der Waals surface area (Å²) in [6.07, 6.45) is 1.20. The quantitative estimate of drug-likeness (QED) is 0.836. The zero-order chi connectivity index (χ0) is 12.1. The predicted octanol–water partition coefficient (Wildman–Crippen LogP) is 4.63. The van der Waals surface area contributed by atoms with Crippen LogP contribution in [0.3, 0.4) is 0 Å². The normalized spacial score (nSPS) is 13.1. The SMILES string of the molecule is CC(C)CC(C)NCc1ccc(Cl)cc1Br. The molecule has 1 unspecified atom stereocenters. The van der Waals surface area contributed by atoms with E-state index < -0.39 is 0 Å². The minimum atomic E-state index is 0.544. The summed E-state index contributed by atoms with van der Waals surface area (Å²) in [4.78, 5) is 0. The van der Waals surface area contributed by atoms with Crippen LogP contribution in [0, 0.1) is 5.92 Å². The Hall–Kier alpha value is -0.0500. The molecule has 16 heavy (non-hydrogen) atoms. The number of hydrogen-bond acceptors (Lipinski definition) is 1. The molecule has 0 saturated carbocycles. The molecule has 1 nitrogen and oxygen atoms in total. The summed E-state index contributed by atoms with van der Waals surface area (Å²) in [7, 11) is 0. The average molecular weight is 305 g/mol. The molecule has 0 aromatic heterocycles. The third-order valence-electron chi connectivity index (χ3n) is 2.48. The standard InChI is InChI=1S/C13H19BrClN/c1-9(2)6-10(3)16-8-11-4-5-12(15)7-13(11)14/h4-5,7,9-10,16H,6,8H2,1-3H3. The number of halogens is 2. The monoisotopic (exact) mass is 303 g/mol. The topological polar surface area (TPSA) is 12.0 Å². The van der Waals surface area contributed by atoms with E-state index in [0.29, 0.717) is 6.04 Å². The van der Waals surface area contributed by atoms with E-state index in [1.165, 1.54) is 12.0 Å². The van der Waals surface area contributed by atoms with Crippen LogP contribution in [0.1, 0.15) is 32.8 Å². The molecule has 0 spiro atoms. The van der Waals surface area contributed by atoms with Crippen LogP contribution in [0.5, 0.6) is 0 Å². The van der Waals surface area contributed by atoms with Gasteiger partial charge >= 0.3 is 0 Å². The van der Waals surface area contributed by atoms with E-state index in [-0.39, 0.29) is 0 Å². The van der Waals surface area contributed by atoms with Crippen molar-refractivity contribution in [3.8, 4) is 0 Å². The third kappa shape index (κ3) is 4.86. The van der Waals surface area contributed by atoms with Gasteiger partial charge in [0.25, 0.3) is 0 Å². The summed E-state index contributed by atoms with van der Waals surface area (Å²) >= 11 is 9.42. The molecule has 90 valence electrons. The van der Waals surface area contributed by atoms with Crippen LogP contribution in [0.4, 0.5) is 0 Å². The van der Waals surface area contributed by atoms with Crippen molar-refractivity contribution < 1.29 is 0 Å². The molecule has 0 heterocycles. The van der Waals surface area contributed by atoms with Gasteiger partial charge in [-0.05, 0) is 37.0 Å². The first-order valence-corrected chi connectivity index (χ1v) is 6.83. The Morgan fingerprint density at radius 1 is 1.31 bits per heavy atom. The molecule has 0 amide bonds. The first-order chi connectivity index (χ1) is 7.49. The first kappa shape index (κ1) is 14.0. The lowest BCUT2D eigenvalue weighted by Crippen LogP contribution is -2.26. The molecule has 0 saturated heterocycles. The first-order valence-electron chi connectivity index (χ1n) is 5.66. The number of hydrogen-bond donors (Lipinski definition) is 1. The van der Waals surface area contributed by atoms with E-state index in [4.69, 9.17) is 11.6 Å². The number of nitrogens with one attached hydrogen (secondary N) is 1. The van der Waals surface area contributed by atoms with Gasteiger partial charge in [-0.3, -0.25) is 0 Å². The molecule has 1 aromatic rings. The summed E-state index contributed by atoms with van der Waals surface area (Å²) < 4.78 is 1.07. The molecular weight excluding hydrogens is 286 g/mol. The van der Waals surface area contributed by atoms with Crippen LogP contribution >= 0.6 is 27.5 Å². The summed E-state index contributed by atoms with van der Waals surface area (Å²) in [5.41, 5.74) is 1.25. The van der Waals surface area contributed by atoms with Crippen LogP contribution in [0.15, 0.2) is 22.7 Å². The smallest absolute Gasteiger partial charge is 0.0417 e. The summed E-state index contributed by atoms with van der Waals surface area (Å²) in [6.45, 7) is 7.60. The van der Waals surface area contributed by atoms with Gasteiger partial charge in [-0.15, -0.1) is 0 Å². The molecule has 0 aliphatic carbocycles. The maximum absolute atomic E-state index is 5.90. The van der Waals surface area contributed by atoms with Crippen molar-refractivity contribution in [2.75, 3.05) is 0 Å². The van der Waals surface area contributed by atoms with E-state index in [1.807, 2.05) is 12.1 Å². The predicted molar refractivity (Wildman–Crippen MR) is 74.9 cm³/mol. The highest BCUT2D eigenvalue weighted by molar-refractivity contribution is 9.10. The van der Waals surface area contributed by atoms with Gasteiger partial charge in [-0.1, -0.05) is 47.4 Å². The highest BCUT2D eigenvalue weighted by atomic mass is 79.9. The molecule has 0 bridgehead atoms. The van der Waals surface area contributed by atoms with Gasteiger partial charge in [0.15, 0.2) is 0 Å². The van der Waals surface area contributed by atoms with E-state index in [0.717, 1.165) is 22.0 Å². The molecule has 0 aliphatic heterocycles. The minimum absolute atomic E-state index is 0.544. The molecule has 1 N–H and O–H groups in total. The lowest BCUT2D eigenvalue weighted by atomic mass is 10.1. The van der Waals surface area contributed by atoms with Crippen LogP contribution in [0.25, 0.3) is 0 Å². The van der Waals surface area contributed by atoms with E-state index in [9.17, 15) is 0 Å². The van der Waals surface area contributed by atoms with Crippen molar-refractivity contribution in [1.82, 2.24) is 5.32 Å². The Balaban J connectivity index is 2.48. The fraction of sp³-hybridized carbons (Fsp3) is 0.538. The maximum atomic E-state index is 5.90. The Morgan fingerprint density at radius 3 is 2.56 bits per heavy atom. The van der Waals surface area contributed by atoms with Gasteiger partial charge in [0.2, 0.25) is 0 Å². The molecular formula is C13H19BrClN. The van der Waals surface area contributed by atoms with Gasteiger partial charge in [0, 0.05) is 22.1 Å². The van der Waals surface area contributed by atoms with Crippen LogP contribution in [-0.2, 0) is 6.54 Å². The van der Waals surface area contributed by atoms with E-state index in [1.54, 1.807) is 0 Å². The molecule has 0 fully saturated rings. The second-order valence-corrected chi connectivity index (χ2v) is 5.94. The summed E-state index contributed by atoms with van der Waals surface area (Å²) in [5.74, 6) is 0.733. The molecule has 3 heteroatoms. The Labute approximate surface area is 112 Å². The maximum Gasteiger partial charge on any atom is 0.0417 e. The zero-order valence-electron chi connectivity index (χ0n) is 10.1. The molecule has 0 radical (unpaired) electrons. The molecule has 0 aliphatic rings. The third-order valence-corrected chi connectivity index (χ3v) is 3.45. The van der Waals surface area contributed by atoms with Crippen LogP contribution < -0.4 is 5.32 Å². The Kier molecular flexibility index (Phi) is 5.81. The average Bonchev–Trinajstić information content (AvgIpc) is 2.15. The van der Waals surface area contributed by atoms with Crippen molar-refractivity contribution in [2.24, 2.45) is 5.92 Å². The van der Waals surface area contributed by atoms with E-state index in [2.05, 4.69) is 48.1 Å². The highest BCUT2D eigenvalue weighted by Gasteiger charge is 2.06. The zero-order valence-corrected chi connectivity index (χ0v) is 12.4. The molecule has 1 rings (SSSR count). The number of rotatable bonds is 5. The Morgan fingerprint density at radius 2 is 2.00 bits per heavy atom. The van der Waals surface area contributed by atoms with Crippen molar-refractivity contribution in [2.45, 2.75) is 39.8 Å². The van der Waals surface area contributed by atoms with Crippen molar-refractivity contribution in [3.63, 3.8) is 0 Å². The summed E-state index contributed by atoms with van der Waals surface area (Å²) in [5, 5.41) is 4.29. The van der Waals surface area contributed by atoms with Crippen molar-refractivity contribution >= 4 is 27.5 Å². The van der Waals surface area contributed by atoms with Crippen molar-refractivity contribution in [3.05, 3.63) is 33.3 Å². The fourth-order valence-electron chi connectivity index (χ4n) is 1.74. The van der Waals surface area contributed by atoms with Gasteiger partial charge in [-0.25, -0.2) is 0 Å². The molecule has 1 aromatic carbocycles.